The molecule has 1 aromatic carbocycles. The second kappa shape index (κ2) is 6.89. The van der Waals surface area contributed by atoms with Gasteiger partial charge in [0.15, 0.2) is 0 Å². The highest BCUT2D eigenvalue weighted by Gasteiger charge is 2.22. The maximum absolute atomic E-state index is 5.43. The monoisotopic (exact) mass is 264 g/mol. The summed E-state index contributed by atoms with van der Waals surface area (Å²) in [4.78, 5) is 7.36. The summed E-state index contributed by atoms with van der Waals surface area (Å²) in [6, 6.07) is 9.45. The predicted molar refractivity (Wildman–Crippen MR) is 77.1 cm³/mol. The summed E-state index contributed by atoms with van der Waals surface area (Å²) >= 11 is 0. The molecular formula is C15H24N2O2. The molecule has 1 aromatic rings. The fraction of sp³-hybridized carbons (Fsp3) is 0.600. The van der Waals surface area contributed by atoms with E-state index in [1.807, 2.05) is 12.1 Å². The van der Waals surface area contributed by atoms with E-state index in [4.69, 9.17) is 9.57 Å². The zero-order valence-corrected chi connectivity index (χ0v) is 12.1. The molecule has 1 aliphatic rings. The topological polar surface area (TPSA) is 33.7 Å². The second-order valence-electron chi connectivity index (χ2n) is 5.11. The molecule has 0 bridgehead atoms. The largest absolute Gasteiger partial charge is 0.381 e. The molecule has 19 heavy (non-hydrogen) atoms. The van der Waals surface area contributed by atoms with E-state index in [1.54, 1.807) is 7.11 Å². The molecule has 1 aliphatic heterocycles. The molecule has 0 aliphatic carbocycles. The third kappa shape index (κ3) is 3.69. The number of nitrogens with zero attached hydrogens (tertiary/aromatic N) is 1. The van der Waals surface area contributed by atoms with Gasteiger partial charge in [0.2, 0.25) is 0 Å². The molecule has 2 rings (SSSR count). The highest BCUT2D eigenvalue weighted by atomic mass is 16.6. The number of anilines is 1. The Balaban J connectivity index is 1.99. The standard InChI is InChI=1S/C15H24N2O2/c1-12(17(2)15-8-10-19-11-9-15)13-4-6-14(7-5-13)16-18-3/h4-7,12,15-16H,8-11H2,1-3H3. The van der Waals surface area contributed by atoms with Crippen LogP contribution in [0.3, 0.4) is 0 Å². The van der Waals surface area contributed by atoms with Crippen LogP contribution in [-0.4, -0.2) is 38.3 Å². The van der Waals surface area contributed by atoms with Crippen LogP contribution in [0.25, 0.3) is 0 Å². The Morgan fingerprint density at radius 3 is 2.47 bits per heavy atom. The highest BCUT2D eigenvalue weighted by Crippen LogP contribution is 2.25. The summed E-state index contributed by atoms with van der Waals surface area (Å²) in [5, 5.41) is 0. The van der Waals surface area contributed by atoms with Gasteiger partial charge in [0.25, 0.3) is 0 Å². The van der Waals surface area contributed by atoms with E-state index in [1.165, 1.54) is 5.56 Å². The van der Waals surface area contributed by atoms with Gasteiger partial charge in [-0.1, -0.05) is 12.1 Å². The number of rotatable bonds is 5. The lowest BCUT2D eigenvalue weighted by atomic mass is 10.0. The first-order valence-corrected chi connectivity index (χ1v) is 6.91. The van der Waals surface area contributed by atoms with Crippen molar-refractivity contribution >= 4 is 5.69 Å². The number of hydrogen-bond acceptors (Lipinski definition) is 4. The molecule has 1 fully saturated rings. The maximum Gasteiger partial charge on any atom is 0.0636 e. The van der Waals surface area contributed by atoms with Crippen molar-refractivity contribution in [1.82, 2.24) is 4.90 Å². The van der Waals surface area contributed by atoms with Gasteiger partial charge in [-0.05, 0) is 44.5 Å². The van der Waals surface area contributed by atoms with Crippen LogP contribution in [-0.2, 0) is 9.57 Å². The third-order valence-corrected chi connectivity index (χ3v) is 3.99. The van der Waals surface area contributed by atoms with Gasteiger partial charge >= 0.3 is 0 Å². The van der Waals surface area contributed by atoms with Crippen LogP contribution in [0.2, 0.25) is 0 Å². The van der Waals surface area contributed by atoms with Crippen LogP contribution < -0.4 is 5.48 Å². The summed E-state index contributed by atoms with van der Waals surface area (Å²) in [5.74, 6) is 0. The number of nitrogens with one attached hydrogen (secondary N) is 1. The van der Waals surface area contributed by atoms with Crippen molar-refractivity contribution in [1.29, 1.82) is 0 Å². The van der Waals surface area contributed by atoms with E-state index in [-0.39, 0.29) is 0 Å². The SMILES string of the molecule is CONc1ccc(C(C)N(C)C2CCOCC2)cc1. The Bertz CT molecular complexity index is 374. The lowest BCUT2D eigenvalue weighted by Gasteiger charge is -2.35. The summed E-state index contributed by atoms with van der Waals surface area (Å²) in [6.07, 6.45) is 2.26. The van der Waals surface area contributed by atoms with Crippen molar-refractivity contribution in [2.75, 3.05) is 32.9 Å². The molecule has 0 amide bonds. The summed E-state index contributed by atoms with van der Waals surface area (Å²) in [6.45, 7) is 4.03. The van der Waals surface area contributed by atoms with Crippen LogP contribution in [0, 0.1) is 0 Å². The van der Waals surface area contributed by atoms with E-state index in [2.05, 4.69) is 36.5 Å². The molecule has 106 valence electrons. The van der Waals surface area contributed by atoms with Crippen LogP contribution in [0.4, 0.5) is 5.69 Å². The lowest BCUT2D eigenvalue weighted by Crippen LogP contribution is -2.38. The van der Waals surface area contributed by atoms with E-state index in [0.29, 0.717) is 12.1 Å². The van der Waals surface area contributed by atoms with Crippen molar-refractivity contribution < 1.29 is 9.57 Å². The highest BCUT2D eigenvalue weighted by molar-refractivity contribution is 5.43. The molecule has 1 saturated heterocycles. The zero-order chi connectivity index (χ0) is 13.7. The van der Waals surface area contributed by atoms with E-state index >= 15 is 0 Å². The molecule has 1 atom stereocenters. The average Bonchev–Trinajstić information content (AvgIpc) is 2.48. The van der Waals surface area contributed by atoms with Gasteiger partial charge in [0, 0.05) is 25.3 Å². The fourth-order valence-electron chi connectivity index (χ4n) is 2.59. The minimum Gasteiger partial charge on any atom is -0.381 e. The second-order valence-corrected chi connectivity index (χ2v) is 5.11. The van der Waals surface area contributed by atoms with Crippen LogP contribution in [0.15, 0.2) is 24.3 Å². The normalized spacial score (nSPS) is 18.5. The molecule has 4 heteroatoms. The van der Waals surface area contributed by atoms with Crippen molar-refractivity contribution in [2.45, 2.75) is 31.8 Å². The van der Waals surface area contributed by atoms with Crippen LogP contribution in [0.1, 0.15) is 31.4 Å². The van der Waals surface area contributed by atoms with Crippen LogP contribution >= 0.6 is 0 Å². The molecule has 1 heterocycles. The molecule has 1 unspecified atom stereocenters. The Morgan fingerprint density at radius 2 is 1.89 bits per heavy atom. The van der Waals surface area contributed by atoms with Crippen LogP contribution in [0.5, 0.6) is 0 Å². The predicted octanol–water partition coefficient (Wildman–Crippen LogP) is 2.83. The van der Waals surface area contributed by atoms with Gasteiger partial charge in [-0.15, -0.1) is 0 Å². The zero-order valence-electron chi connectivity index (χ0n) is 12.1. The number of hydrogen-bond donors (Lipinski definition) is 1. The van der Waals surface area contributed by atoms with E-state index < -0.39 is 0 Å². The Hall–Kier alpha value is -1.10. The van der Waals surface area contributed by atoms with Gasteiger partial charge in [0.05, 0.1) is 12.8 Å². The average molecular weight is 264 g/mol. The Kier molecular flexibility index (Phi) is 5.19. The Labute approximate surface area is 115 Å². The molecule has 0 radical (unpaired) electrons. The fourth-order valence-corrected chi connectivity index (χ4v) is 2.59. The number of benzene rings is 1. The minimum atomic E-state index is 0.416. The van der Waals surface area contributed by atoms with Gasteiger partial charge < -0.3 is 4.74 Å². The van der Waals surface area contributed by atoms with Gasteiger partial charge in [-0.25, -0.2) is 0 Å². The van der Waals surface area contributed by atoms with Gasteiger partial charge in [-0.3, -0.25) is 15.2 Å². The maximum atomic E-state index is 5.43. The molecule has 4 nitrogen and oxygen atoms in total. The molecule has 0 aromatic heterocycles. The number of ether oxygens (including phenoxy) is 1. The van der Waals surface area contributed by atoms with E-state index in [0.717, 1.165) is 31.7 Å². The summed E-state index contributed by atoms with van der Waals surface area (Å²) in [7, 11) is 3.83. The quantitative estimate of drug-likeness (QED) is 0.829. The molecular weight excluding hydrogens is 240 g/mol. The smallest absolute Gasteiger partial charge is 0.0636 e. The minimum absolute atomic E-state index is 0.416. The first kappa shape index (κ1) is 14.3. The van der Waals surface area contributed by atoms with E-state index in [9.17, 15) is 0 Å². The Morgan fingerprint density at radius 1 is 1.26 bits per heavy atom. The van der Waals surface area contributed by atoms with Crippen molar-refractivity contribution in [3.8, 4) is 0 Å². The van der Waals surface area contributed by atoms with Crippen molar-refractivity contribution in [3.05, 3.63) is 29.8 Å². The summed E-state index contributed by atoms with van der Waals surface area (Å²) in [5.41, 5.74) is 5.14. The molecule has 1 N–H and O–H groups in total. The first-order chi connectivity index (χ1) is 9.22. The van der Waals surface area contributed by atoms with Crippen molar-refractivity contribution in [2.24, 2.45) is 0 Å². The third-order valence-electron chi connectivity index (χ3n) is 3.99. The molecule has 0 saturated carbocycles. The van der Waals surface area contributed by atoms with Gasteiger partial charge in [0.1, 0.15) is 0 Å². The lowest BCUT2D eigenvalue weighted by molar-refractivity contribution is 0.0309. The van der Waals surface area contributed by atoms with Gasteiger partial charge in [-0.2, -0.15) is 0 Å². The first-order valence-electron chi connectivity index (χ1n) is 6.91. The summed E-state index contributed by atoms with van der Waals surface area (Å²) < 4.78 is 5.43. The molecule has 0 spiro atoms. The van der Waals surface area contributed by atoms with Crippen molar-refractivity contribution in [3.63, 3.8) is 0 Å².